The number of halogens is 1. The van der Waals surface area contributed by atoms with Gasteiger partial charge in [-0.25, -0.2) is 14.0 Å². The van der Waals surface area contributed by atoms with Crippen LogP contribution in [-0.4, -0.2) is 29.7 Å². The van der Waals surface area contributed by atoms with Gasteiger partial charge in [-0.3, -0.25) is 0 Å². The molecule has 0 saturated carbocycles. The number of methoxy groups -OCH3 is 1. The molecule has 1 unspecified atom stereocenters. The molecule has 1 heterocycles. The van der Waals surface area contributed by atoms with Crippen LogP contribution in [0.25, 0.3) is 0 Å². The number of ether oxygens (including phenoxy) is 1. The lowest BCUT2D eigenvalue weighted by Crippen LogP contribution is -2.44. The Hall–Kier alpha value is -2.83. The molecule has 0 saturated heterocycles. The van der Waals surface area contributed by atoms with Gasteiger partial charge in [-0.2, -0.15) is 0 Å². The molecule has 1 aromatic carbocycles. The number of benzene rings is 1. The molecule has 128 valence electrons. The van der Waals surface area contributed by atoms with Gasteiger partial charge < -0.3 is 19.9 Å². The Labute approximate surface area is 139 Å². The van der Waals surface area contributed by atoms with Crippen LogP contribution in [0, 0.1) is 5.82 Å². The predicted molar refractivity (Wildman–Crippen MR) is 86.8 cm³/mol. The third kappa shape index (κ3) is 4.84. The lowest BCUT2D eigenvalue weighted by Gasteiger charge is -2.14. The molecule has 0 bridgehead atoms. The van der Waals surface area contributed by atoms with Crippen LogP contribution >= 0.6 is 0 Å². The van der Waals surface area contributed by atoms with Crippen molar-refractivity contribution in [2.45, 2.75) is 26.1 Å². The van der Waals surface area contributed by atoms with Crippen LogP contribution in [-0.2, 0) is 22.6 Å². The Morgan fingerprint density at radius 2 is 2.08 bits per heavy atom. The van der Waals surface area contributed by atoms with Crippen molar-refractivity contribution in [1.82, 2.24) is 15.2 Å². The topological polar surface area (TPSA) is 72.4 Å². The van der Waals surface area contributed by atoms with E-state index in [-0.39, 0.29) is 12.4 Å². The van der Waals surface area contributed by atoms with Gasteiger partial charge in [0.25, 0.3) is 0 Å². The van der Waals surface area contributed by atoms with Crippen molar-refractivity contribution in [3.63, 3.8) is 0 Å². The van der Waals surface area contributed by atoms with Crippen LogP contribution < -0.4 is 10.6 Å². The number of rotatable bonds is 6. The Bertz CT molecular complexity index is 715. The second-order valence-electron chi connectivity index (χ2n) is 5.33. The normalized spacial score (nSPS) is 11.6. The first kappa shape index (κ1) is 17.5. The minimum atomic E-state index is -0.728. The van der Waals surface area contributed by atoms with Crippen molar-refractivity contribution >= 4 is 12.0 Å². The molecule has 0 aliphatic carbocycles. The molecule has 2 N–H and O–H groups in total. The Kier molecular flexibility index (Phi) is 5.95. The second-order valence-corrected chi connectivity index (χ2v) is 5.33. The number of urea groups is 1. The zero-order valence-corrected chi connectivity index (χ0v) is 13.6. The first-order valence-electron chi connectivity index (χ1n) is 7.50. The molecule has 0 aliphatic heterocycles. The molecule has 2 amide bonds. The zero-order valence-electron chi connectivity index (χ0n) is 13.6. The molecule has 1 aromatic heterocycles. The maximum atomic E-state index is 13.3. The molecule has 7 heteroatoms. The Balaban J connectivity index is 1.91. The molecular formula is C17H20FN3O3. The average molecular weight is 333 g/mol. The van der Waals surface area contributed by atoms with E-state index >= 15 is 0 Å². The average Bonchev–Trinajstić information content (AvgIpc) is 2.99. The number of hydrogen-bond acceptors (Lipinski definition) is 3. The van der Waals surface area contributed by atoms with Crippen LogP contribution in [0.15, 0.2) is 42.6 Å². The van der Waals surface area contributed by atoms with Gasteiger partial charge in [0.05, 0.1) is 13.7 Å². The molecule has 6 nitrogen and oxygen atoms in total. The van der Waals surface area contributed by atoms with Gasteiger partial charge in [-0.1, -0.05) is 12.1 Å². The largest absolute Gasteiger partial charge is 0.467 e. The quantitative estimate of drug-likeness (QED) is 0.795. The maximum absolute atomic E-state index is 13.3. The SMILES string of the molecule is COC(=O)C(C)NC(=O)NCc1cccn1Cc1cccc(F)c1. The van der Waals surface area contributed by atoms with Gasteiger partial charge in [0.15, 0.2) is 0 Å². The molecule has 0 radical (unpaired) electrons. The van der Waals surface area contributed by atoms with Crippen molar-refractivity contribution in [3.8, 4) is 0 Å². The monoisotopic (exact) mass is 333 g/mol. The summed E-state index contributed by atoms with van der Waals surface area (Å²) in [5, 5.41) is 5.17. The smallest absolute Gasteiger partial charge is 0.328 e. The standard InChI is InChI=1S/C17H20FN3O3/c1-12(16(22)24-2)20-17(23)19-10-15-7-4-8-21(15)11-13-5-3-6-14(18)9-13/h3-9,12H,10-11H2,1-2H3,(H2,19,20,23). The molecule has 24 heavy (non-hydrogen) atoms. The van der Waals surface area contributed by atoms with Gasteiger partial charge in [-0.15, -0.1) is 0 Å². The highest BCUT2D eigenvalue weighted by atomic mass is 19.1. The molecule has 0 aliphatic rings. The number of aromatic nitrogens is 1. The van der Waals surface area contributed by atoms with Gasteiger partial charge in [0, 0.05) is 18.4 Å². The lowest BCUT2D eigenvalue weighted by atomic mass is 10.2. The Morgan fingerprint density at radius 3 is 2.79 bits per heavy atom. The second kappa shape index (κ2) is 8.14. The van der Waals surface area contributed by atoms with E-state index in [2.05, 4.69) is 15.4 Å². The third-order valence-corrected chi connectivity index (χ3v) is 3.50. The fourth-order valence-electron chi connectivity index (χ4n) is 2.25. The molecule has 2 aromatic rings. The van der Waals surface area contributed by atoms with Crippen molar-refractivity contribution < 1.29 is 18.7 Å². The summed E-state index contributed by atoms with van der Waals surface area (Å²) in [5.41, 5.74) is 1.69. The number of carbonyl (C=O) groups is 2. The number of amides is 2. The minimum absolute atomic E-state index is 0.280. The van der Waals surface area contributed by atoms with E-state index in [9.17, 15) is 14.0 Å². The fourth-order valence-corrected chi connectivity index (χ4v) is 2.25. The number of hydrogen-bond donors (Lipinski definition) is 2. The number of carbonyl (C=O) groups excluding carboxylic acids is 2. The van der Waals surface area contributed by atoms with Crippen LogP contribution in [0.1, 0.15) is 18.2 Å². The highest BCUT2D eigenvalue weighted by Crippen LogP contribution is 2.09. The van der Waals surface area contributed by atoms with E-state index in [0.717, 1.165) is 11.3 Å². The summed E-state index contributed by atoms with van der Waals surface area (Å²) in [6, 6.07) is 8.89. The first-order valence-corrected chi connectivity index (χ1v) is 7.50. The number of nitrogens with one attached hydrogen (secondary N) is 2. The summed E-state index contributed by atoms with van der Waals surface area (Å²) in [4.78, 5) is 23.1. The summed E-state index contributed by atoms with van der Waals surface area (Å²) in [6.45, 7) is 2.32. The van der Waals surface area contributed by atoms with E-state index in [1.165, 1.54) is 26.2 Å². The maximum Gasteiger partial charge on any atom is 0.328 e. The molecule has 0 fully saturated rings. The fraction of sp³-hybridized carbons (Fsp3) is 0.294. The van der Waals surface area contributed by atoms with Crippen LogP contribution in [0.4, 0.5) is 9.18 Å². The summed E-state index contributed by atoms with van der Waals surface area (Å²) in [6.07, 6.45) is 1.86. The summed E-state index contributed by atoms with van der Waals surface area (Å²) >= 11 is 0. The Morgan fingerprint density at radius 1 is 1.29 bits per heavy atom. The van der Waals surface area contributed by atoms with Crippen molar-refractivity contribution in [3.05, 3.63) is 59.7 Å². The summed E-state index contributed by atoms with van der Waals surface area (Å²) < 4.78 is 19.7. The van der Waals surface area contributed by atoms with Crippen molar-refractivity contribution in [1.29, 1.82) is 0 Å². The number of nitrogens with zero attached hydrogens (tertiary/aromatic N) is 1. The van der Waals surface area contributed by atoms with Crippen molar-refractivity contribution in [2.24, 2.45) is 0 Å². The highest BCUT2D eigenvalue weighted by Gasteiger charge is 2.15. The molecule has 0 spiro atoms. The third-order valence-electron chi connectivity index (χ3n) is 3.50. The predicted octanol–water partition coefficient (Wildman–Crippen LogP) is 2.04. The minimum Gasteiger partial charge on any atom is -0.467 e. The molecule has 1 atom stereocenters. The zero-order chi connectivity index (χ0) is 17.5. The van der Waals surface area contributed by atoms with Gasteiger partial charge in [-0.05, 0) is 36.8 Å². The van der Waals surface area contributed by atoms with E-state index < -0.39 is 18.0 Å². The van der Waals surface area contributed by atoms with Crippen molar-refractivity contribution in [2.75, 3.05) is 7.11 Å². The van der Waals surface area contributed by atoms with Crippen LogP contribution in [0.5, 0.6) is 0 Å². The lowest BCUT2D eigenvalue weighted by molar-refractivity contribution is -0.142. The van der Waals surface area contributed by atoms with E-state index in [1.807, 2.05) is 29.0 Å². The van der Waals surface area contributed by atoms with E-state index in [4.69, 9.17) is 0 Å². The summed E-state index contributed by atoms with van der Waals surface area (Å²) in [7, 11) is 1.26. The number of esters is 1. The van der Waals surface area contributed by atoms with Gasteiger partial charge >= 0.3 is 12.0 Å². The van der Waals surface area contributed by atoms with Crippen LogP contribution in [0.3, 0.4) is 0 Å². The van der Waals surface area contributed by atoms with E-state index in [1.54, 1.807) is 6.07 Å². The molecule has 2 rings (SSSR count). The first-order chi connectivity index (χ1) is 11.5. The van der Waals surface area contributed by atoms with E-state index in [0.29, 0.717) is 6.54 Å². The van der Waals surface area contributed by atoms with Crippen LogP contribution in [0.2, 0.25) is 0 Å². The summed E-state index contributed by atoms with van der Waals surface area (Å²) in [5.74, 6) is -0.796. The highest BCUT2D eigenvalue weighted by molar-refractivity contribution is 5.83. The molecular weight excluding hydrogens is 313 g/mol. The van der Waals surface area contributed by atoms with Gasteiger partial charge in [0.1, 0.15) is 11.9 Å². The van der Waals surface area contributed by atoms with Gasteiger partial charge in [0.2, 0.25) is 0 Å².